The van der Waals surface area contributed by atoms with E-state index in [0.29, 0.717) is 19.8 Å². The zero-order valence-electron chi connectivity index (χ0n) is 18.2. The molecule has 0 saturated heterocycles. The number of rotatable bonds is 10. The van der Waals surface area contributed by atoms with Crippen molar-refractivity contribution in [3.63, 3.8) is 0 Å². The van der Waals surface area contributed by atoms with Gasteiger partial charge in [0.05, 0.1) is 12.6 Å². The molecule has 1 atom stereocenters. The third-order valence-corrected chi connectivity index (χ3v) is 4.71. The molecule has 0 aliphatic rings. The molecule has 0 heterocycles. The van der Waals surface area contributed by atoms with Crippen molar-refractivity contribution < 1.29 is 9.47 Å². The maximum atomic E-state index is 5.88. The number of nitrogens with zero attached hydrogens (tertiary/aromatic N) is 2. The number of nitrogens with one attached hydrogen (secondary N) is 2. The van der Waals surface area contributed by atoms with Gasteiger partial charge in [-0.3, -0.25) is 4.99 Å². The van der Waals surface area contributed by atoms with E-state index in [-0.39, 0.29) is 6.04 Å². The van der Waals surface area contributed by atoms with Gasteiger partial charge < -0.3 is 25.0 Å². The molecule has 0 spiro atoms. The summed E-state index contributed by atoms with van der Waals surface area (Å²) in [6, 6.07) is 17.0. The molecule has 0 amide bonds. The van der Waals surface area contributed by atoms with Gasteiger partial charge in [-0.15, -0.1) is 0 Å². The number of aliphatic imine (C=N–C) groups is 1. The highest BCUT2D eigenvalue weighted by Crippen LogP contribution is 2.20. The second-order valence-electron chi connectivity index (χ2n) is 7.15. The normalized spacial score (nSPS) is 12.7. The largest absolute Gasteiger partial charge is 0.491 e. The van der Waals surface area contributed by atoms with E-state index < -0.39 is 0 Å². The summed E-state index contributed by atoms with van der Waals surface area (Å²) in [7, 11) is 7.64. The highest BCUT2D eigenvalue weighted by atomic mass is 16.5. The van der Waals surface area contributed by atoms with Crippen molar-refractivity contribution in [3.8, 4) is 5.75 Å². The van der Waals surface area contributed by atoms with Gasteiger partial charge in [-0.25, -0.2) is 0 Å². The average molecular weight is 399 g/mol. The van der Waals surface area contributed by atoms with E-state index in [1.165, 1.54) is 11.1 Å². The number of benzene rings is 2. The molecule has 29 heavy (non-hydrogen) atoms. The van der Waals surface area contributed by atoms with Crippen LogP contribution in [0.1, 0.15) is 22.7 Å². The molecule has 2 aromatic rings. The molecule has 0 fully saturated rings. The van der Waals surface area contributed by atoms with Crippen LogP contribution in [-0.4, -0.2) is 58.9 Å². The molecule has 2 aromatic carbocycles. The van der Waals surface area contributed by atoms with E-state index in [4.69, 9.17) is 9.47 Å². The molecular weight excluding hydrogens is 364 g/mol. The Kier molecular flexibility index (Phi) is 9.47. The summed E-state index contributed by atoms with van der Waals surface area (Å²) in [5.41, 5.74) is 3.52. The minimum absolute atomic E-state index is 0.252. The number of hydrogen-bond acceptors (Lipinski definition) is 4. The third-order valence-electron chi connectivity index (χ3n) is 4.71. The summed E-state index contributed by atoms with van der Waals surface area (Å²) >= 11 is 0. The number of guanidine groups is 1. The lowest BCUT2D eigenvalue weighted by Crippen LogP contribution is -2.41. The number of aryl methyl sites for hydroxylation is 1. The second-order valence-corrected chi connectivity index (χ2v) is 7.15. The van der Waals surface area contributed by atoms with Gasteiger partial charge in [0.15, 0.2) is 5.96 Å². The maximum Gasteiger partial charge on any atom is 0.191 e. The lowest BCUT2D eigenvalue weighted by molar-refractivity contribution is 0.145. The van der Waals surface area contributed by atoms with Gasteiger partial charge in [0.2, 0.25) is 0 Å². The first-order valence-corrected chi connectivity index (χ1v) is 9.92. The van der Waals surface area contributed by atoms with Gasteiger partial charge in [-0.05, 0) is 38.2 Å². The maximum absolute atomic E-state index is 5.88. The van der Waals surface area contributed by atoms with Crippen molar-refractivity contribution in [2.24, 2.45) is 4.99 Å². The first-order valence-electron chi connectivity index (χ1n) is 9.92. The molecule has 158 valence electrons. The molecule has 0 saturated carbocycles. The molecule has 6 nitrogen and oxygen atoms in total. The minimum Gasteiger partial charge on any atom is -0.491 e. The third kappa shape index (κ3) is 7.40. The number of hydrogen-bond donors (Lipinski definition) is 2. The Labute approximate surface area is 174 Å². The van der Waals surface area contributed by atoms with Crippen LogP contribution in [-0.2, 0) is 11.3 Å². The number of methoxy groups -OCH3 is 1. The van der Waals surface area contributed by atoms with Crippen molar-refractivity contribution in [2.45, 2.75) is 19.5 Å². The van der Waals surface area contributed by atoms with Gasteiger partial charge in [0.1, 0.15) is 12.4 Å². The molecule has 0 aliphatic carbocycles. The summed E-state index contributed by atoms with van der Waals surface area (Å²) < 4.78 is 11.0. The van der Waals surface area contributed by atoms with E-state index >= 15 is 0 Å². The summed E-state index contributed by atoms with van der Waals surface area (Å²) in [4.78, 5) is 6.57. The van der Waals surface area contributed by atoms with Crippen LogP contribution in [0.25, 0.3) is 0 Å². The quantitative estimate of drug-likeness (QED) is 0.366. The van der Waals surface area contributed by atoms with Crippen LogP contribution in [0.5, 0.6) is 5.75 Å². The summed E-state index contributed by atoms with van der Waals surface area (Å²) in [5.74, 6) is 1.64. The van der Waals surface area contributed by atoms with E-state index in [1.54, 1.807) is 14.2 Å². The standard InChI is InChI=1S/C23H34N4O2/c1-18-11-12-20(22(15-18)29-14-13-28-5)16-25-23(24-2)26-17-21(27(3)4)19-9-7-6-8-10-19/h6-12,15,21H,13-14,16-17H2,1-5H3,(H2,24,25,26). The van der Waals surface area contributed by atoms with Crippen molar-refractivity contribution in [1.29, 1.82) is 0 Å². The Balaban J connectivity index is 1.97. The van der Waals surface area contributed by atoms with Gasteiger partial charge in [0.25, 0.3) is 0 Å². The van der Waals surface area contributed by atoms with Crippen LogP contribution in [0.15, 0.2) is 53.5 Å². The lowest BCUT2D eigenvalue weighted by atomic mass is 10.1. The van der Waals surface area contributed by atoms with Crippen LogP contribution in [0.3, 0.4) is 0 Å². The smallest absolute Gasteiger partial charge is 0.191 e. The van der Waals surface area contributed by atoms with E-state index in [9.17, 15) is 0 Å². The number of likely N-dealkylation sites (N-methyl/N-ethyl adjacent to an activating group) is 1. The zero-order valence-corrected chi connectivity index (χ0v) is 18.2. The number of ether oxygens (including phenoxy) is 2. The van der Waals surface area contributed by atoms with Crippen LogP contribution >= 0.6 is 0 Å². The SMILES string of the molecule is CN=C(NCc1ccc(C)cc1OCCOC)NCC(c1ccccc1)N(C)C. The van der Waals surface area contributed by atoms with Gasteiger partial charge in [0, 0.05) is 32.8 Å². The first-order chi connectivity index (χ1) is 14.0. The average Bonchev–Trinajstić information content (AvgIpc) is 2.72. The van der Waals surface area contributed by atoms with Crippen LogP contribution in [0, 0.1) is 6.92 Å². The topological polar surface area (TPSA) is 58.1 Å². The van der Waals surface area contributed by atoms with Crippen LogP contribution < -0.4 is 15.4 Å². The van der Waals surface area contributed by atoms with Gasteiger partial charge >= 0.3 is 0 Å². The summed E-state index contributed by atoms with van der Waals surface area (Å²) in [5, 5.41) is 6.83. The monoisotopic (exact) mass is 398 g/mol. The molecule has 0 aromatic heterocycles. The van der Waals surface area contributed by atoms with Crippen molar-refractivity contribution in [1.82, 2.24) is 15.5 Å². The highest BCUT2D eigenvalue weighted by molar-refractivity contribution is 5.79. The van der Waals surface area contributed by atoms with Crippen molar-refractivity contribution in [2.75, 3.05) is 48.0 Å². The van der Waals surface area contributed by atoms with Gasteiger partial charge in [-0.1, -0.05) is 42.5 Å². The molecule has 1 unspecified atom stereocenters. The van der Waals surface area contributed by atoms with E-state index in [2.05, 4.69) is 84.0 Å². The Hall–Kier alpha value is -2.57. The fourth-order valence-electron chi connectivity index (χ4n) is 3.04. The van der Waals surface area contributed by atoms with E-state index in [1.807, 2.05) is 6.07 Å². The predicted octanol–water partition coefficient (Wildman–Crippen LogP) is 2.99. The van der Waals surface area contributed by atoms with Crippen LogP contribution in [0.4, 0.5) is 0 Å². The summed E-state index contributed by atoms with van der Waals surface area (Å²) in [6.07, 6.45) is 0. The molecule has 2 N–H and O–H groups in total. The zero-order chi connectivity index (χ0) is 21.1. The molecule has 2 rings (SSSR count). The summed E-state index contributed by atoms with van der Waals surface area (Å²) in [6.45, 7) is 4.53. The molecular formula is C23H34N4O2. The fourth-order valence-corrected chi connectivity index (χ4v) is 3.04. The molecule has 0 bridgehead atoms. The molecule has 0 aliphatic heterocycles. The Morgan fingerprint density at radius 3 is 2.48 bits per heavy atom. The fraction of sp³-hybridized carbons (Fsp3) is 0.435. The first kappa shape index (κ1) is 22.7. The molecule has 0 radical (unpaired) electrons. The van der Waals surface area contributed by atoms with Crippen LogP contribution in [0.2, 0.25) is 0 Å². The van der Waals surface area contributed by atoms with Gasteiger partial charge in [-0.2, -0.15) is 0 Å². The lowest BCUT2D eigenvalue weighted by Gasteiger charge is -2.26. The van der Waals surface area contributed by atoms with Crippen molar-refractivity contribution >= 4 is 5.96 Å². The Morgan fingerprint density at radius 1 is 1.07 bits per heavy atom. The Bertz CT molecular complexity index is 763. The predicted molar refractivity (Wildman–Crippen MR) is 120 cm³/mol. The minimum atomic E-state index is 0.252. The second kappa shape index (κ2) is 12.1. The Morgan fingerprint density at radius 2 is 1.83 bits per heavy atom. The van der Waals surface area contributed by atoms with Crippen molar-refractivity contribution in [3.05, 3.63) is 65.2 Å². The highest BCUT2D eigenvalue weighted by Gasteiger charge is 2.14. The molecule has 6 heteroatoms. The van der Waals surface area contributed by atoms with E-state index in [0.717, 1.165) is 23.8 Å².